The largest absolute Gasteiger partial charge is 0.457 e. The first-order valence-electron chi connectivity index (χ1n) is 5.29. The van der Waals surface area contributed by atoms with Crippen molar-refractivity contribution in [2.75, 3.05) is 0 Å². The van der Waals surface area contributed by atoms with E-state index in [9.17, 15) is 4.79 Å². The van der Waals surface area contributed by atoms with Gasteiger partial charge < -0.3 is 9.15 Å². The topological polar surface area (TPSA) is 78.1 Å². The van der Waals surface area contributed by atoms with Gasteiger partial charge in [-0.2, -0.15) is 0 Å². The molecule has 0 aliphatic heterocycles. The van der Waals surface area contributed by atoms with Crippen LogP contribution in [-0.2, 0) is 0 Å². The van der Waals surface area contributed by atoms with Crippen molar-refractivity contribution < 1.29 is 13.9 Å². The predicted molar refractivity (Wildman–Crippen MR) is 66.8 cm³/mol. The van der Waals surface area contributed by atoms with Gasteiger partial charge in [-0.3, -0.25) is 4.98 Å². The summed E-state index contributed by atoms with van der Waals surface area (Å²) in [5, 5.41) is 0. The Hall–Kier alpha value is -2.54. The second kappa shape index (κ2) is 4.99. The van der Waals surface area contributed by atoms with Gasteiger partial charge in [-0.15, -0.1) is 11.3 Å². The molecule has 0 bridgehead atoms. The molecule has 7 heteroatoms. The summed E-state index contributed by atoms with van der Waals surface area (Å²) in [6.45, 7) is 0. The number of hydrogen-bond donors (Lipinski definition) is 0. The van der Waals surface area contributed by atoms with E-state index in [0.29, 0.717) is 5.56 Å². The number of aromatic nitrogens is 3. The van der Waals surface area contributed by atoms with Crippen LogP contribution in [0.15, 0.2) is 47.0 Å². The molecule has 3 aromatic rings. The highest BCUT2D eigenvalue weighted by molar-refractivity contribution is 7.13. The number of nitrogens with zero attached hydrogens (tertiary/aromatic N) is 3. The summed E-state index contributed by atoms with van der Waals surface area (Å²) in [5.41, 5.74) is 2.30. The third kappa shape index (κ3) is 2.36. The summed E-state index contributed by atoms with van der Waals surface area (Å²) in [6, 6.07) is 3.14. The van der Waals surface area contributed by atoms with Gasteiger partial charge >= 0.3 is 5.97 Å². The number of hydrogen-bond acceptors (Lipinski definition) is 7. The van der Waals surface area contributed by atoms with Gasteiger partial charge in [0.05, 0.1) is 22.2 Å². The molecule has 0 fully saturated rings. The Labute approximate surface area is 111 Å². The van der Waals surface area contributed by atoms with Crippen LogP contribution in [-0.4, -0.2) is 20.9 Å². The molecule has 0 amide bonds. The molecule has 0 N–H and O–H groups in total. The first-order valence-corrected chi connectivity index (χ1v) is 6.17. The molecule has 0 saturated heterocycles. The van der Waals surface area contributed by atoms with Crippen molar-refractivity contribution in [3.63, 3.8) is 0 Å². The molecule has 19 heavy (non-hydrogen) atoms. The van der Waals surface area contributed by atoms with Crippen LogP contribution in [0, 0.1) is 0 Å². The maximum Gasteiger partial charge on any atom is 0.380 e. The van der Waals surface area contributed by atoms with Gasteiger partial charge in [0.2, 0.25) is 11.6 Å². The van der Waals surface area contributed by atoms with Gasteiger partial charge in [0.1, 0.15) is 6.33 Å². The van der Waals surface area contributed by atoms with Gasteiger partial charge in [-0.1, -0.05) is 0 Å². The summed E-state index contributed by atoms with van der Waals surface area (Å²) >= 11 is 1.41. The lowest BCUT2D eigenvalue weighted by Gasteiger charge is -2.04. The minimum atomic E-state index is -0.602. The van der Waals surface area contributed by atoms with Gasteiger partial charge in [0, 0.05) is 12.4 Å². The van der Waals surface area contributed by atoms with Crippen molar-refractivity contribution in [3.8, 4) is 16.3 Å². The highest BCUT2D eigenvalue weighted by Crippen LogP contribution is 2.30. The molecule has 0 unspecified atom stereocenters. The maximum absolute atomic E-state index is 11.8. The monoisotopic (exact) mass is 273 g/mol. The average Bonchev–Trinajstić information content (AvgIpc) is 3.13. The predicted octanol–water partition coefficient (Wildman–Crippen LogP) is 2.41. The summed E-state index contributed by atoms with van der Waals surface area (Å²) < 4.78 is 10.2. The van der Waals surface area contributed by atoms with Gasteiger partial charge in [-0.05, 0) is 12.1 Å². The number of rotatable bonds is 3. The van der Waals surface area contributed by atoms with Crippen molar-refractivity contribution in [3.05, 3.63) is 48.4 Å². The molecule has 0 aromatic carbocycles. The second-order valence-electron chi connectivity index (χ2n) is 3.47. The van der Waals surface area contributed by atoms with Gasteiger partial charge in [0.15, 0.2) is 0 Å². The SMILES string of the molecule is O=C(Oc1ncncc1-c1cncs1)c1ccco1. The summed E-state index contributed by atoms with van der Waals surface area (Å²) in [4.78, 5) is 24.5. The Morgan fingerprint density at radius 3 is 3.00 bits per heavy atom. The number of carbonyl (C=O) groups is 1. The lowest BCUT2D eigenvalue weighted by molar-refractivity contribution is 0.0695. The minimum absolute atomic E-state index is 0.119. The molecule has 0 spiro atoms. The highest BCUT2D eigenvalue weighted by Gasteiger charge is 2.16. The fraction of sp³-hybridized carbons (Fsp3) is 0. The van der Waals surface area contributed by atoms with Crippen molar-refractivity contribution in [2.24, 2.45) is 0 Å². The van der Waals surface area contributed by atoms with Crippen LogP contribution in [0.25, 0.3) is 10.4 Å². The molecule has 0 aliphatic rings. The first kappa shape index (κ1) is 11.5. The lowest BCUT2D eigenvalue weighted by atomic mass is 10.3. The number of carbonyl (C=O) groups excluding carboxylic acids is 1. The molecule has 0 radical (unpaired) electrons. The van der Waals surface area contributed by atoms with E-state index in [1.807, 2.05) is 0 Å². The Morgan fingerprint density at radius 1 is 1.32 bits per heavy atom. The lowest BCUT2D eigenvalue weighted by Crippen LogP contribution is -2.09. The van der Waals surface area contributed by atoms with Gasteiger partial charge in [-0.25, -0.2) is 14.8 Å². The summed E-state index contributed by atoms with van der Waals surface area (Å²) in [6.07, 6.45) is 5.95. The van der Waals surface area contributed by atoms with E-state index in [4.69, 9.17) is 9.15 Å². The van der Waals surface area contributed by atoms with Crippen LogP contribution in [0.1, 0.15) is 10.6 Å². The molecule has 3 aromatic heterocycles. The van der Waals surface area contributed by atoms with Crippen molar-refractivity contribution in [2.45, 2.75) is 0 Å². The molecule has 3 heterocycles. The zero-order valence-corrected chi connectivity index (χ0v) is 10.3. The standard InChI is InChI=1S/C12H7N3O3S/c16-12(9-2-1-3-17-9)18-11-8(4-13-6-15-11)10-5-14-7-19-10/h1-7H. The Morgan fingerprint density at radius 2 is 2.26 bits per heavy atom. The molecule has 6 nitrogen and oxygen atoms in total. The van der Waals surface area contributed by atoms with Crippen LogP contribution in [0.2, 0.25) is 0 Å². The van der Waals surface area contributed by atoms with E-state index in [-0.39, 0.29) is 11.6 Å². The van der Waals surface area contributed by atoms with E-state index in [1.54, 1.807) is 24.0 Å². The number of furan rings is 1. The molecule has 0 aliphatic carbocycles. The molecule has 3 rings (SSSR count). The Kier molecular flexibility index (Phi) is 3.03. The quantitative estimate of drug-likeness (QED) is 0.682. The van der Waals surface area contributed by atoms with Gasteiger partial charge in [0.25, 0.3) is 0 Å². The van der Waals surface area contributed by atoms with E-state index in [0.717, 1.165) is 4.88 Å². The zero-order chi connectivity index (χ0) is 13.1. The second-order valence-corrected chi connectivity index (χ2v) is 4.36. The highest BCUT2D eigenvalue weighted by atomic mass is 32.1. The number of thiazole rings is 1. The maximum atomic E-state index is 11.8. The van der Waals surface area contributed by atoms with E-state index < -0.39 is 5.97 Å². The van der Waals surface area contributed by atoms with Crippen LogP contribution >= 0.6 is 11.3 Å². The zero-order valence-electron chi connectivity index (χ0n) is 9.52. The average molecular weight is 273 g/mol. The van der Waals surface area contributed by atoms with Crippen LogP contribution < -0.4 is 4.74 Å². The first-order chi connectivity index (χ1) is 9.34. The van der Waals surface area contributed by atoms with Crippen LogP contribution in [0.5, 0.6) is 5.88 Å². The van der Waals surface area contributed by atoms with E-state index >= 15 is 0 Å². The molecule has 0 saturated carbocycles. The fourth-order valence-electron chi connectivity index (χ4n) is 1.45. The number of esters is 1. The van der Waals surface area contributed by atoms with Crippen molar-refractivity contribution in [1.29, 1.82) is 0 Å². The Bertz CT molecular complexity index is 680. The normalized spacial score (nSPS) is 10.3. The van der Waals surface area contributed by atoms with Crippen LogP contribution in [0.3, 0.4) is 0 Å². The molecular formula is C12H7N3O3S. The molecule has 94 valence electrons. The minimum Gasteiger partial charge on any atom is -0.457 e. The molecular weight excluding hydrogens is 266 g/mol. The smallest absolute Gasteiger partial charge is 0.380 e. The molecule has 0 atom stereocenters. The van der Waals surface area contributed by atoms with Crippen LogP contribution in [0.4, 0.5) is 0 Å². The van der Waals surface area contributed by atoms with E-state index in [2.05, 4.69) is 15.0 Å². The van der Waals surface area contributed by atoms with Crippen molar-refractivity contribution in [1.82, 2.24) is 15.0 Å². The number of ether oxygens (including phenoxy) is 1. The summed E-state index contributed by atoms with van der Waals surface area (Å²) in [5.74, 6) is -0.302. The fourth-order valence-corrected chi connectivity index (χ4v) is 2.07. The van der Waals surface area contributed by atoms with Crippen molar-refractivity contribution >= 4 is 17.3 Å². The summed E-state index contributed by atoms with van der Waals surface area (Å²) in [7, 11) is 0. The third-order valence-corrected chi connectivity index (χ3v) is 3.09. The third-order valence-electron chi connectivity index (χ3n) is 2.29. The Balaban J connectivity index is 1.92. The van der Waals surface area contributed by atoms with E-state index in [1.165, 1.54) is 30.0 Å².